The smallest absolute Gasteiger partial charge is 0.407 e. The second kappa shape index (κ2) is 25.7. The van der Waals surface area contributed by atoms with Crippen LogP contribution in [0.3, 0.4) is 0 Å². The predicted molar refractivity (Wildman–Crippen MR) is 129 cm³/mol. The number of nitrogens with one attached hydrogen (secondary N) is 2. The molecule has 35 heavy (non-hydrogen) atoms. The Balaban J connectivity index is 3.10. The molecular formula is C23H46N2O10. The first-order valence-electron chi connectivity index (χ1n) is 12.1. The number of alkyl carbamates (subject to hydrolysis) is 1. The number of rotatable bonds is 26. The van der Waals surface area contributed by atoms with Gasteiger partial charge in [0.1, 0.15) is 11.9 Å². The van der Waals surface area contributed by atoms with Crippen LogP contribution in [0.2, 0.25) is 0 Å². The van der Waals surface area contributed by atoms with Gasteiger partial charge in [-0.05, 0) is 20.8 Å². The van der Waals surface area contributed by atoms with Crippen LogP contribution in [0.5, 0.6) is 0 Å². The van der Waals surface area contributed by atoms with Crippen molar-refractivity contribution in [2.24, 2.45) is 0 Å². The lowest BCUT2D eigenvalue weighted by Gasteiger charge is -2.19. The molecule has 0 radical (unpaired) electrons. The van der Waals surface area contributed by atoms with Crippen molar-refractivity contribution in [2.75, 3.05) is 112 Å². The minimum atomic E-state index is -0.507. The van der Waals surface area contributed by atoms with Gasteiger partial charge in [0.05, 0.1) is 99.0 Å². The third-order valence-electron chi connectivity index (χ3n) is 3.80. The summed E-state index contributed by atoms with van der Waals surface area (Å²) in [7, 11) is 0. The van der Waals surface area contributed by atoms with Crippen molar-refractivity contribution in [1.82, 2.24) is 10.6 Å². The lowest BCUT2D eigenvalue weighted by molar-refractivity contribution is -0.107. The van der Waals surface area contributed by atoms with Crippen LogP contribution < -0.4 is 10.6 Å². The molecule has 0 heterocycles. The molecule has 0 rings (SSSR count). The van der Waals surface area contributed by atoms with Crippen molar-refractivity contribution >= 4 is 12.4 Å². The van der Waals surface area contributed by atoms with E-state index in [1.54, 1.807) is 0 Å². The number of carbonyl (C=O) groups is 2. The SMILES string of the molecule is CC(C)(C)OC(=O)NCCOCCOCCOCCOCCOCCOCCOCCNCC=O. The number of aldehydes is 1. The summed E-state index contributed by atoms with van der Waals surface area (Å²) in [5, 5.41) is 5.53. The summed E-state index contributed by atoms with van der Waals surface area (Å²) >= 11 is 0. The summed E-state index contributed by atoms with van der Waals surface area (Å²) in [5.41, 5.74) is -0.507. The molecule has 0 unspecified atom stereocenters. The van der Waals surface area contributed by atoms with E-state index >= 15 is 0 Å². The molecule has 0 aliphatic heterocycles. The zero-order chi connectivity index (χ0) is 25.9. The van der Waals surface area contributed by atoms with Gasteiger partial charge < -0.3 is 53.3 Å². The van der Waals surface area contributed by atoms with Crippen LogP contribution in [0, 0.1) is 0 Å². The molecule has 0 bridgehead atoms. The number of carbonyl (C=O) groups excluding carboxylic acids is 2. The third kappa shape index (κ3) is 30.6. The lowest BCUT2D eigenvalue weighted by atomic mass is 10.2. The van der Waals surface area contributed by atoms with Crippen molar-refractivity contribution in [2.45, 2.75) is 26.4 Å². The Hall–Kier alpha value is -1.38. The fraction of sp³-hybridized carbons (Fsp3) is 0.913. The molecule has 0 saturated heterocycles. The molecular weight excluding hydrogens is 464 g/mol. The van der Waals surface area contributed by atoms with Crippen molar-refractivity contribution in [3.05, 3.63) is 0 Å². The average Bonchev–Trinajstić information content (AvgIpc) is 2.80. The Morgan fingerprint density at radius 2 is 0.943 bits per heavy atom. The van der Waals surface area contributed by atoms with Crippen molar-refractivity contribution in [3.63, 3.8) is 0 Å². The van der Waals surface area contributed by atoms with E-state index in [1.807, 2.05) is 20.8 Å². The predicted octanol–water partition coefficient (Wildman–Crippen LogP) is 0.416. The van der Waals surface area contributed by atoms with Crippen LogP contribution >= 0.6 is 0 Å². The highest BCUT2D eigenvalue weighted by Gasteiger charge is 2.15. The molecule has 0 aromatic carbocycles. The maximum atomic E-state index is 11.4. The number of ether oxygens (including phenoxy) is 8. The summed E-state index contributed by atoms with van der Waals surface area (Å²) in [6, 6.07) is 0. The lowest BCUT2D eigenvalue weighted by Crippen LogP contribution is -2.34. The largest absolute Gasteiger partial charge is 0.444 e. The van der Waals surface area contributed by atoms with Crippen LogP contribution in [0.25, 0.3) is 0 Å². The van der Waals surface area contributed by atoms with Crippen LogP contribution in [-0.4, -0.2) is 130 Å². The summed E-state index contributed by atoms with van der Waals surface area (Å²) in [4.78, 5) is 21.5. The van der Waals surface area contributed by atoms with Gasteiger partial charge in [-0.15, -0.1) is 0 Å². The summed E-state index contributed by atoms with van der Waals surface area (Å²) in [6.07, 6.45) is 0.366. The van der Waals surface area contributed by atoms with E-state index < -0.39 is 11.7 Å². The van der Waals surface area contributed by atoms with Gasteiger partial charge in [-0.2, -0.15) is 0 Å². The molecule has 0 aromatic heterocycles. The highest BCUT2D eigenvalue weighted by Crippen LogP contribution is 2.06. The fourth-order valence-corrected chi connectivity index (χ4v) is 2.27. The first-order valence-corrected chi connectivity index (χ1v) is 12.1. The zero-order valence-electron chi connectivity index (χ0n) is 21.7. The van der Waals surface area contributed by atoms with Crippen LogP contribution in [-0.2, 0) is 42.7 Å². The Labute approximate surface area is 209 Å². The van der Waals surface area contributed by atoms with E-state index in [0.29, 0.717) is 112 Å². The number of hydrogen-bond donors (Lipinski definition) is 2. The van der Waals surface area contributed by atoms with Gasteiger partial charge in [0.25, 0.3) is 0 Å². The molecule has 2 N–H and O–H groups in total. The highest BCUT2D eigenvalue weighted by atomic mass is 16.6. The van der Waals surface area contributed by atoms with Crippen molar-refractivity contribution in [1.29, 1.82) is 0 Å². The molecule has 0 aliphatic rings. The third-order valence-corrected chi connectivity index (χ3v) is 3.80. The molecule has 0 saturated carbocycles. The number of hydrogen-bond acceptors (Lipinski definition) is 11. The molecule has 12 heteroatoms. The monoisotopic (exact) mass is 510 g/mol. The quantitative estimate of drug-likeness (QED) is 0.124. The van der Waals surface area contributed by atoms with E-state index in [2.05, 4.69) is 10.6 Å². The molecule has 0 aliphatic carbocycles. The molecule has 0 aromatic rings. The van der Waals surface area contributed by atoms with Gasteiger partial charge in [-0.25, -0.2) is 4.79 Å². The molecule has 12 nitrogen and oxygen atoms in total. The van der Waals surface area contributed by atoms with Gasteiger partial charge in [0.15, 0.2) is 0 Å². The highest BCUT2D eigenvalue weighted by molar-refractivity contribution is 5.67. The Bertz CT molecular complexity index is 478. The maximum Gasteiger partial charge on any atom is 0.407 e. The second-order valence-electron chi connectivity index (χ2n) is 8.09. The first-order chi connectivity index (χ1) is 17.0. The summed E-state index contributed by atoms with van der Waals surface area (Å²) in [5.74, 6) is 0. The minimum Gasteiger partial charge on any atom is -0.444 e. The van der Waals surface area contributed by atoms with E-state index in [0.717, 1.165) is 6.29 Å². The standard InChI is InChI=1S/C23H46N2O10/c1-23(2,3)35-22(27)25-6-9-29-11-13-31-15-17-33-19-21-34-20-18-32-16-14-30-12-10-28-8-5-24-4-7-26/h7,24H,4-6,8-21H2,1-3H3,(H,25,27). The number of amides is 1. The van der Waals surface area contributed by atoms with Crippen LogP contribution in [0.4, 0.5) is 4.79 Å². The molecule has 0 fully saturated rings. The topological polar surface area (TPSA) is 132 Å². The first kappa shape index (κ1) is 33.6. The fourth-order valence-electron chi connectivity index (χ4n) is 2.27. The van der Waals surface area contributed by atoms with Crippen LogP contribution in [0.15, 0.2) is 0 Å². The maximum absolute atomic E-state index is 11.4. The Morgan fingerprint density at radius 1 is 0.600 bits per heavy atom. The van der Waals surface area contributed by atoms with Gasteiger partial charge in [0, 0.05) is 13.1 Å². The minimum absolute atomic E-state index is 0.348. The summed E-state index contributed by atoms with van der Waals surface area (Å²) < 4.78 is 42.9. The second-order valence-corrected chi connectivity index (χ2v) is 8.09. The van der Waals surface area contributed by atoms with Gasteiger partial charge in [-0.1, -0.05) is 0 Å². The summed E-state index contributed by atoms with van der Waals surface area (Å²) in [6.45, 7) is 13.6. The van der Waals surface area contributed by atoms with Crippen LogP contribution in [0.1, 0.15) is 20.8 Å². The van der Waals surface area contributed by atoms with E-state index in [9.17, 15) is 9.59 Å². The van der Waals surface area contributed by atoms with Crippen molar-refractivity contribution in [3.8, 4) is 0 Å². The zero-order valence-corrected chi connectivity index (χ0v) is 21.7. The molecule has 208 valence electrons. The van der Waals surface area contributed by atoms with E-state index in [4.69, 9.17) is 37.9 Å². The van der Waals surface area contributed by atoms with Gasteiger partial charge >= 0.3 is 6.09 Å². The molecule has 0 atom stereocenters. The van der Waals surface area contributed by atoms with Crippen molar-refractivity contribution < 1.29 is 47.5 Å². The average molecular weight is 511 g/mol. The van der Waals surface area contributed by atoms with Gasteiger partial charge in [-0.3, -0.25) is 0 Å². The van der Waals surface area contributed by atoms with E-state index in [-0.39, 0.29) is 0 Å². The molecule has 0 spiro atoms. The Kier molecular flexibility index (Phi) is 24.7. The Morgan fingerprint density at radius 3 is 1.29 bits per heavy atom. The van der Waals surface area contributed by atoms with Gasteiger partial charge in [0.2, 0.25) is 0 Å². The van der Waals surface area contributed by atoms with E-state index in [1.165, 1.54) is 0 Å². The normalized spacial score (nSPS) is 11.5. The molecule has 1 amide bonds.